The number of benzene rings is 1. The molecular weight excluding hydrogens is 483 g/mol. The minimum Gasteiger partial charge on any atom is -0.491 e. The van der Waals surface area contributed by atoms with Gasteiger partial charge in [-0.25, -0.2) is 19.0 Å². The standard InChI is InChI=1S/C28H35FN8O/c1-17(2)34-10-6-7-20(15-34)37-25(8-9-30-37)21-13-22-26(14-23(21)29)38-12-11-35-16-24(32-27(22)35)28-31-19(5)33-36(28)18(3)4/h8-9,13-14,16-18,20H,6-7,10-12,15H2,1-5H3/t20-/m0/s1. The lowest BCUT2D eigenvalue weighted by molar-refractivity contribution is 0.138. The molecule has 4 aromatic rings. The van der Waals surface area contributed by atoms with Crippen molar-refractivity contribution in [1.82, 2.24) is 39.0 Å². The summed E-state index contributed by atoms with van der Waals surface area (Å²) in [6, 6.07) is 6.08. The minimum absolute atomic E-state index is 0.149. The second kappa shape index (κ2) is 9.65. The molecule has 9 nitrogen and oxygen atoms in total. The van der Waals surface area contributed by atoms with Gasteiger partial charge in [0.05, 0.1) is 23.8 Å². The first-order valence-electron chi connectivity index (χ1n) is 13.6. The third kappa shape index (κ3) is 4.30. The van der Waals surface area contributed by atoms with Gasteiger partial charge >= 0.3 is 0 Å². The zero-order valence-electron chi connectivity index (χ0n) is 22.7. The van der Waals surface area contributed by atoms with E-state index in [2.05, 4.69) is 52.3 Å². The molecule has 2 aliphatic rings. The Morgan fingerprint density at radius 2 is 1.87 bits per heavy atom. The van der Waals surface area contributed by atoms with Crippen LogP contribution in [0.3, 0.4) is 0 Å². The van der Waals surface area contributed by atoms with E-state index in [0.717, 1.165) is 54.5 Å². The molecule has 0 N–H and O–H groups in total. The Morgan fingerprint density at radius 1 is 1.03 bits per heavy atom. The van der Waals surface area contributed by atoms with Crippen molar-refractivity contribution < 1.29 is 9.13 Å². The molecule has 0 amide bonds. The molecule has 3 aromatic heterocycles. The Hall–Kier alpha value is -3.53. The van der Waals surface area contributed by atoms with Gasteiger partial charge in [-0.15, -0.1) is 0 Å². The van der Waals surface area contributed by atoms with Gasteiger partial charge in [-0.1, -0.05) is 0 Å². The molecule has 1 fully saturated rings. The first kappa shape index (κ1) is 24.8. The molecule has 5 heterocycles. The second-order valence-corrected chi connectivity index (χ2v) is 10.9. The van der Waals surface area contributed by atoms with Crippen LogP contribution >= 0.6 is 0 Å². The fourth-order valence-corrected chi connectivity index (χ4v) is 5.64. The highest BCUT2D eigenvalue weighted by molar-refractivity contribution is 5.75. The van der Waals surface area contributed by atoms with Gasteiger partial charge in [0.2, 0.25) is 0 Å². The molecule has 0 bridgehead atoms. The monoisotopic (exact) mass is 518 g/mol. The summed E-state index contributed by atoms with van der Waals surface area (Å²) in [5.41, 5.74) is 2.79. The first-order chi connectivity index (χ1) is 18.3. The number of rotatable bonds is 5. The van der Waals surface area contributed by atoms with Crippen LogP contribution in [-0.2, 0) is 6.54 Å². The maximum absolute atomic E-state index is 15.6. The van der Waals surface area contributed by atoms with Gasteiger partial charge in [-0.05, 0) is 66.1 Å². The molecule has 10 heteroatoms. The molecule has 0 aliphatic carbocycles. The number of hydrogen-bond donors (Lipinski definition) is 0. The van der Waals surface area contributed by atoms with Crippen LogP contribution in [0.5, 0.6) is 5.75 Å². The van der Waals surface area contributed by atoms with E-state index in [4.69, 9.17) is 9.72 Å². The topological polar surface area (TPSA) is 78.8 Å². The Balaban J connectivity index is 1.43. The average Bonchev–Trinajstić information content (AvgIpc) is 3.61. The van der Waals surface area contributed by atoms with Crippen LogP contribution in [0.4, 0.5) is 4.39 Å². The van der Waals surface area contributed by atoms with E-state index in [1.165, 1.54) is 6.07 Å². The van der Waals surface area contributed by atoms with Crippen molar-refractivity contribution in [3.05, 3.63) is 42.2 Å². The van der Waals surface area contributed by atoms with Crippen LogP contribution < -0.4 is 4.74 Å². The van der Waals surface area contributed by atoms with E-state index in [9.17, 15) is 0 Å². The quantitative estimate of drug-likeness (QED) is 0.364. The molecule has 2 aliphatic heterocycles. The Labute approximate surface area is 222 Å². The molecule has 0 unspecified atom stereocenters. The molecule has 0 radical (unpaired) electrons. The van der Waals surface area contributed by atoms with E-state index in [1.54, 1.807) is 6.20 Å². The lowest BCUT2D eigenvalue weighted by Crippen LogP contribution is -2.41. The van der Waals surface area contributed by atoms with E-state index in [-0.39, 0.29) is 17.9 Å². The molecule has 0 spiro atoms. The zero-order chi connectivity index (χ0) is 26.6. The van der Waals surface area contributed by atoms with Gasteiger partial charge in [0.15, 0.2) is 5.82 Å². The summed E-state index contributed by atoms with van der Waals surface area (Å²) in [7, 11) is 0. The molecule has 1 atom stereocenters. The number of piperidine rings is 1. The summed E-state index contributed by atoms with van der Waals surface area (Å²) in [5.74, 6) is 2.35. The van der Waals surface area contributed by atoms with Crippen LogP contribution in [0.1, 0.15) is 58.4 Å². The number of fused-ring (bicyclic) bond motifs is 3. The summed E-state index contributed by atoms with van der Waals surface area (Å²) in [4.78, 5) is 12.1. The minimum atomic E-state index is -0.322. The van der Waals surface area contributed by atoms with Crippen LogP contribution in [0.2, 0.25) is 0 Å². The Bertz CT molecular complexity index is 1470. The highest BCUT2D eigenvalue weighted by Crippen LogP contribution is 2.39. The molecule has 38 heavy (non-hydrogen) atoms. The summed E-state index contributed by atoms with van der Waals surface area (Å²) in [5, 5.41) is 9.21. The van der Waals surface area contributed by atoms with Crippen molar-refractivity contribution in [2.24, 2.45) is 0 Å². The van der Waals surface area contributed by atoms with Crippen molar-refractivity contribution >= 4 is 0 Å². The highest BCUT2D eigenvalue weighted by Gasteiger charge is 2.28. The maximum Gasteiger partial charge on any atom is 0.178 e. The number of halogens is 1. The molecule has 0 saturated carbocycles. The van der Waals surface area contributed by atoms with Crippen molar-refractivity contribution in [2.75, 3.05) is 19.7 Å². The predicted molar refractivity (Wildman–Crippen MR) is 143 cm³/mol. The van der Waals surface area contributed by atoms with Crippen LogP contribution in [-0.4, -0.2) is 64.7 Å². The largest absolute Gasteiger partial charge is 0.491 e. The zero-order valence-corrected chi connectivity index (χ0v) is 22.7. The van der Waals surface area contributed by atoms with E-state index in [0.29, 0.717) is 36.3 Å². The molecule has 200 valence electrons. The SMILES string of the molecule is Cc1nc(-c2cn3c(n2)-c2cc(-c4ccnn4[C@H]4CCCN(C(C)C)C4)c(F)cc2OCC3)n(C(C)C)n1. The predicted octanol–water partition coefficient (Wildman–Crippen LogP) is 5.14. The molecule has 1 aromatic carbocycles. The number of hydrogen-bond acceptors (Lipinski definition) is 6. The van der Waals surface area contributed by atoms with Gasteiger partial charge < -0.3 is 9.30 Å². The summed E-state index contributed by atoms with van der Waals surface area (Å²) < 4.78 is 27.6. The van der Waals surface area contributed by atoms with Crippen molar-refractivity contribution in [2.45, 2.75) is 72.1 Å². The van der Waals surface area contributed by atoms with Crippen LogP contribution in [0.15, 0.2) is 30.6 Å². The van der Waals surface area contributed by atoms with E-state index in [1.807, 2.05) is 34.6 Å². The summed E-state index contributed by atoms with van der Waals surface area (Å²) in [6.45, 7) is 13.5. The van der Waals surface area contributed by atoms with Gasteiger partial charge in [-0.3, -0.25) is 9.58 Å². The van der Waals surface area contributed by atoms with Crippen LogP contribution in [0, 0.1) is 12.7 Å². The van der Waals surface area contributed by atoms with Gasteiger partial charge in [-0.2, -0.15) is 10.2 Å². The van der Waals surface area contributed by atoms with Gasteiger partial charge in [0, 0.05) is 42.7 Å². The number of imidazole rings is 1. The average molecular weight is 519 g/mol. The number of nitrogens with zero attached hydrogens (tertiary/aromatic N) is 8. The number of ether oxygens (including phenoxy) is 1. The van der Waals surface area contributed by atoms with Crippen molar-refractivity contribution in [3.63, 3.8) is 0 Å². The van der Waals surface area contributed by atoms with Crippen LogP contribution in [0.25, 0.3) is 34.2 Å². The van der Waals surface area contributed by atoms with Crippen molar-refractivity contribution in [1.29, 1.82) is 0 Å². The smallest absolute Gasteiger partial charge is 0.178 e. The summed E-state index contributed by atoms with van der Waals surface area (Å²) in [6.07, 6.45) is 5.89. The number of aromatic nitrogens is 7. The van der Waals surface area contributed by atoms with Gasteiger partial charge in [0.1, 0.15) is 35.5 Å². The highest BCUT2D eigenvalue weighted by atomic mass is 19.1. The fourth-order valence-electron chi connectivity index (χ4n) is 5.64. The lowest BCUT2D eigenvalue weighted by Gasteiger charge is -2.36. The molecular formula is C28H35FN8O. The maximum atomic E-state index is 15.6. The second-order valence-electron chi connectivity index (χ2n) is 10.9. The molecule has 6 rings (SSSR count). The number of likely N-dealkylation sites (tertiary alicyclic amines) is 1. The van der Waals surface area contributed by atoms with E-state index < -0.39 is 0 Å². The lowest BCUT2D eigenvalue weighted by atomic mass is 10.0. The normalized spacial score (nSPS) is 17.9. The first-order valence-corrected chi connectivity index (χ1v) is 13.6. The summed E-state index contributed by atoms with van der Waals surface area (Å²) >= 11 is 0. The third-order valence-electron chi connectivity index (χ3n) is 7.58. The third-order valence-corrected chi connectivity index (χ3v) is 7.58. The molecule has 1 saturated heterocycles. The van der Waals surface area contributed by atoms with E-state index >= 15 is 4.39 Å². The van der Waals surface area contributed by atoms with Crippen molar-refractivity contribution in [3.8, 4) is 39.9 Å². The fraction of sp³-hybridized carbons (Fsp3) is 0.500. The Kier molecular flexibility index (Phi) is 6.29. The van der Waals surface area contributed by atoms with Gasteiger partial charge in [0.25, 0.3) is 0 Å². The number of aryl methyl sites for hydroxylation is 1. The Morgan fingerprint density at radius 3 is 2.66 bits per heavy atom.